The smallest absolute Gasteiger partial charge is 0.240 e. The molecule has 0 spiro atoms. The molecule has 6 nitrogen and oxygen atoms in total. The van der Waals surface area contributed by atoms with Gasteiger partial charge in [-0.25, -0.2) is 8.42 Å². The van der Waals surface area contributed by atoms with Crippen molar-refractivity contribution in [3.05, 3.63) is 59.1 Å². The molecule has 2 aromatic rings. The molecule has 8 heteroatoms. The number of nitrogens with zero attached hydrogens (tertiary/aromatic N) is 1. The Balaban J connectivity index is 2.13. The highest BCUT2D eigenvalue weighted by atomic mass is 35.5. The molecular formula is C19H23ClN2O4S. The molecule has 0 radical (unpaired) electrons. The van der Waals surface area contributed by atoms with Crippen molar-refractivity contribution in [3.8, 4) is 5.75 Å². The number of ether oxygens (including phenoxy) is 1. The van der Waals surface area contributed by atoms with Gasteiger partial charge in [0.05, 0.1) is 19.1 Å². The van der Waals surface area contributed by atoms with Gasteiger partial charge in [-0.05, 0) is 29.7 Å². The minimum Gasteiger partial charge on any atom is -0.495 e. The van der Waals surface area contributed by atoms with Crippen LogP contribution in [0.3, 0.4) is 0 Å². The highest BCUT2D eigenvalue weighted by molar-refractivity contribution is 7.92. The number of carbonyl (C=O) groups excluding carboxylic acids is 1. The predicted octanol–water partition coefficient (Wildman–Crippen LogP) is 3.03. The summed E-state index contributed by atoms with van der Waals surface area (Å²) in [7, 11) is -2.29. The SMILES string of the molecule is COc1ccc(Cl)cc1N(CC(=O)NC[C@H](C)c1ccccc1)S(C)(=O)=O. The maximum absolute atomic E-state index is 12.4. The second-order valence-electron chi connectivity index (χ2n) is 6.20. The van der Waals surface area contributed by atoms with Gasteiger partial charge in [-0.3, -0.25) is 9.10 Å². The molecule has 0 saturated carbocycles. The number of anilines is 1. The van der Waals surface area contributed by atoms with Crippen molar-refractivity contribution >= 4 is 33.2 Å². The Morgan fingerprint density at radius 3 is 2.48 bits per heavy atom. The number of benzene rings is 2. The summed E-state index contributed by atoms with van der Waals surface area (Å²) in [6.07, 6.45) is 1.03. The molecule has 146 valence electrons. The van der Waals surface area contributed by atoms with Crippen LogP contribution in [0.2, 0.25) is 5.02 Å². The number of rotatable bonds is 8. The van der Waals surface area contributed by atoms with Crippen LogP contribution in [0.5, 0.6) is 5.75 Å². The minimum atomic E-state index is -3.72. The van der Waals surface area contributed by atoms with Gasteiger partial charge in [0.1, 0.15) is 12.3 Å². The first-order valence-electron chi connectivity index (χ1n) is 8.35. The van der Waals surface area contributed by atoms with E-state index < -0.39 is 15.9 Å². The second kappa shape index (κ2) is 9.10. The van der Waals surface area contributed by atoms with Crippen molar-refractivity contribution < 1.29 is 17.9 Å². The summed E-state index contributed by atoms with van der Waals surface area (Å²) in [5.41, 5.74) is 1.31. The van der Waals surface area contributed by atoms with Gasteiger partial charge < -0.3 is 10.1 Å². The number of methoxy groups -OCH3 is 1. The zero-order chi connectivity index (χ0) is 20.0. The van der Waals surface area contributed by atoms with Crippen molar-refractivity contribution in [1.82, 2.24) is 5.32 Å². The first-order chi connectivity index (χ1) is 12.7. The molecule has 0 aliphatic heterocycles. The number of halogens is 1. The Hall–Kier alpha value is -2.25. The van der Waals surface area contributed by atoms with Gasteiger partial charge in [-0.1, -0.05) is 48.9 Å². The number of hydrogen-bond acceptors (Lipinski definition) is 4. The molecule has 2 rings (SSSR count). The van der Waals surface area contributed by atoms with Gasteiger partial charge in [0.25, 0.3) is 0 Å². The van der Waals surface area contributed by atoms with Gasteiger partial charge in [0, 0.05) is 11.6 Å². The molecule has 0 bridgehead atoms. The normalized spacial score (nSPS) is 12.3. The summed E-state index contributed by atoms with van der Waals surface area (Å²) in [6, 6.07) is 14.4. The minimum absolute atomic E-state index is 0.0996. The molecule has 2 aromatic carbocycles. The molecule has 1 N–H and O–H groups in total. The Kier molecular flexibility index (Phi) is 7.10. The van der Waals surface area contributed by atoms with Crippen LogP contribution in [0.25, 0.3) is 0 Å². The average molecular weight is 411 g/mol. The summed E-state index contributed by atoms with van der Waals surface area (Å²) in [5.74, 6) is 0.00283. The lowest BCUT2D eigenvalue weighted by atomic mass is 10.0. The van der Waals surface area contributed by atoms with Crippen LogP contribution in [-0.2, 0) is 14.8 Å². The van der Waals surface area contributed by atoms with Crippen LogP contribution in [-0.4, -0.2) is 40.8 Å². The zero-order valence-corrected chi connectivity index (χ0v) is 17.0. The van der Waals surface area contributed by atoms with Crippen LogP contribution < -0.4 is 14.4 Å². The summed E-state index contributed by atoms with van der Waals surface area (Å²) in [6.45, 7) is 2.02. The summed E-state index contributed by atoms with van der Waals surface area (Å²) < 4.78 is 30.7. The monoisotopic (exact) mass is 410 g/mol. The highest BCUT2D eigenvalue weighted by Gasteiger charge is 2.24. The fourth-order valence-electron chi connectivity index (χ4n) is 2.59. The van der Waals surface area contributed by atoms with Gasteiger partial charge in [0.15, 0.2) is 0 Å². The molecule has 27 heavy (non-hydrogen) atoms. The third kappa shape index (κ3) is 5.87. The van der Waals surface area contributed by atoms with E-state index in [2.05, 4.69) is 5.32 Å². The van der Waals surface area contributed by atoms with Crippen molar-refractivity contribution in [1.29, 1.82) is 0 Å². The number of hydrogen-bond donors (Lipinski definition) is 1. The Labute approximate surface area is 165 Å². The predicted molar refractivity (Wildman–Crippen MR) is 108 cm³/mol. The molecule has 1 amide bonds. The molecule has 0 aromatic heterocycles. The molecule has 0 saturated heterocycles. The average Bonchev–Trinajstić information content (AvgIpc) is 2.64. The molecule has 0 heterocycles. The van der Waals surface area contributed by atoms with E-state index >= 15 is 0 Å². The number of carbonyl (C=O) groups is 1. The van der Waals surface area contributed by atoms with Gasteiger partial charge in [-0.2, -0.15) is 0 Å². The van der Waals surface area contributed by atoms with Gasteiger partial charge >= 0.3 is 0 Å². The molecule has 1 atom stereocenters. The van der Waals surface area contributed by atoms with Crippen molar-refractivity contribution in [3.63, 3.8) is 0 Å². The number of sulfonamides is 1. The topological polar surface area (TPSA) is 75.7 Å². The first kappa shape index (κ1) is 21.1. The Morgan fingerprint density at radius 1 is 1.22 bits per heavy atom. The van der Waals surface area contributed by atoms with Crippen LogP contribution in [0, 0.1) is 0 Å². The highest BCUT2D eigenvalue weighted by Crippen LogP contribution is 2.32. The Bertz CT molecular complexity index is 888. The van der Waals surface area contributed by atoms with Crippen LogP contribution >= 0.6 is 11.6 Å². The van der Waals surface area contributed by atoms with Gasteiger partial charge in [0.2, 0.25) is 15.9 Å². The molecule has 0 fully saturated rings. The van der Waals surface area contributed by atoms with Crippen LogP contribution in [0.15, 0.2) is 48.5 Å². The number of nitrogens with one attached hydrogen (secondary N) is 1. The molecule has 0 aliphatic carbocycles. The molecular weight excluding hydrogens is 388 g/mol. The van der Waals surface area contributed by atoms with E-state index in [0.29, 0.717) is 17.3 Å². The first-order valence-corrected chi connectivity index (χ1v) is 10.6. The maximum Gasteiger partial charge on any atom is 0.240 e. The second-order valence-corrected chi connectivity index (χ2v) is 8.54. The number of amides is 1. The summed E-state index contributed by atoms with van der Waals surface area (Å²) >= 11 is 6.00. The van der Waals surface area contributed by atoms with E-state index in [1.165, 1.54) is 13.2 Å². The van der Waals surface area contributed by atoms with E-state index in [1.807, 2.05) is 37.3 Å². The largest absolute Gasteiger partial charge is 0.495 e. The summed E-state index contributed by atoms with van der Waals surface area (Å²) in [4.78, 5) is 12.4. The third-order valence-electron chi connectivity index (χ3n) is 4.07. The van der Waals surface area contributed by atoms with Crippen molar-refractivity contribution in [2.75, 3.05) is 30.8 Å². The quantitative estimate of drug-likeness (QED) is 0.725. The van der Waals surface area contributed by atoms with E-state index in [-0.39, 0.29) is 18.2 Å². The fourth-order valence-corrected chi connectivity index (χ4v) is 3.61. The summed E-state index contributed by atoms with van der Waals surface area (Å²) in [5, 5.41) is 3.13. The third-order valence-corrected chi connectivity index (χ3v) is 5.43. The van der Waals surface area contributed by atoms with E-state index in [0.717, 1.165) is 16.1 Å². The lowest BCUT2D eigenvalue weighted by molar-refractivity contribution is -0.119. The zero-order valence-electron chi connectivity index (χ0n) is 15.5. The fraction of sp³-hybridized carbons (Fsp3) is 0.316. The molecule has 0 unspecified atom stereocenters. The van der Waals surface area contributed by atoms with Crippen molar-refractivity contribution in [2.24, 2.45) is 0 Å². The standard InChI is InChI=1S/C19H23ClN2O4S/c1-14(15-7-5-4-6-8-15)12-21-19(23)13-22(27(3,24)25)17-11-16(20)9-10-18(17)26-2/h4-11,14H,12-13H2,1-3H3,(H,21,23)/t14-/m0/s1. The van der Waals surface area contributed by atoms with E-state index in [1.54, 1.807) is 12.1 Å². The van der Waals surface area contributed by atoms with Crippen LogP contribution in [0.1, 0.15) is 18.4 Å². The molecule has 0 aliphatic rings. The van der Waals surface area contributed by atoms with Gasteiger partial charge in [-0.15, -0.1) is 0 Å². The van der Waals surface area contributed by atoms with Crippen LogP contribution in [0.4, 0.5) is 5.69 Å². The van der Waals surface area contributed by atoms with E-state index in [4.69, 9.17) is 16.3 Å². The maximum atomic E-state index is 12.4. The lowest BCUT2D eigenvalue weighted by Gasteiger charge is -2.24. The Morgan fingerprint density at radius 2 is 1.89 bits per heavy atom. The van der Waals surface area contributed by atoms with E-state index in [9.17, 15) is 13.2 Å². The lowest BCUT2D eigenvalue weighted by Crippen LogP contribution is -2.41. The van der Waals surface area contributed by atoms with Crippen molar-refractivity contribution in [2.45, 2.75) is 12.8 Å².